The number of pyridine rings is 1. The van der Waals surface area contributed by atoms with E-state index in [-0.39, 0.29) is 17.6 Å². The Morgan fingerprint density at radius 2 is 1.97 bits per heavy atom. The first-order valence-corrected chi connectivity index (χ1v) is 11.9. The second kappa shape index (κ2) is 9.43. The summed E-state index contributed by atoms with van der Waals surface area (Å²) >= 11 is 6.21. The number of amides is 1. The van der Waals surface area contributed by atoms with Crippen LogP contribution in [0.25, 0.3) is 16.7 Å². The highest BCUT2D eigenvalue weighted by Gasteiger charge is 2.27. The van der Waals surface area contributed by atoms with Gasteiger partial charge in [-0.2, -0.15) is 0 Å². The van der Waals surface area contributed by atoms with E-state index in [0.717, 1.165) is 23.9 Å². The summed E-state index contributed by atoms with van der Waals surface area (Å²) in [5.74, 6) is 1.21. The molecule has 7 nitrogen and oxygen atoms in total. The summed E-state index contributed by atoms with van der Waals surface area (Å²) in [6.07, 6.45) is 6.34. The number of halogens is 1. The number of rotatable bonds is 5. The van der Waals surface area contributed by atoms with E-state index >= 15 is 0 Å². The topological polar surface area (TPSA) is 69.4 Å². The smallest absolute Gasteiger partial charge is 0.334 e. The van der Waals surface area contributed by atoms with Crippen molar-refractivity contribution in [2.24, 2.45) is 0 Å². The number of imidazole rings is 1. The van der Waals surface area contributed by atoms with Crippen molar-refractivity contribution >= 4 is 28.5 Å². The molecule has 1 atom stereocenters. The van der Waals surface area contributed by atoms with Gasteiger partial charge in [0.25, 0.3) is 0 Å². The van der Waals surface area contributed by atoms with Crippen LogP contribution in [-0.4, -0.2) is 38.0 Å². The third-order valence-corrected chi connectivity index (χ3v) is 6.87. The van der Waals surface area contributed by atoms with Gasteiger partial charge in [-0.15, -0.1) is 0 Å². The fraction of sp³-hybridized carbons (Fsp3) is 0.222. The molecule has 0 N–H and O–H groups in total. The zero-order valence-electron chi connectivity index (χ0n) is 19.4. The monoisotopic (exact) mass is 488 g/mol. The zero-order valence-corrected chi connectivity index (χ0v) is 20.1. The maximum absolute atomic E-state index is 13.7. The molecule has 8 heteroatoms. The van der Waals surface area contributed by atoms with Crippen molar-refractivity contribution in [1.29, 1.82) is 0 Å². The number of hydrogen-bond acceptors (Lipinski definition) is 4. The summed E-state index contributed by atoms with van der Waals surface area (Å²) in [6, 6.07) is 14.6. The first-order valence-electron chi connectivity index (χ1n) is 11.5. The van der Waals surface area contributed by atoms with Crippen LogP contribution < -0.4 is 10.4 Å². The molecule has 0 saturated carbocycles. The lowest BCUT2D eigenvalue weighted by molar-refractivity contribution is -0.127. The molecular formula is C27H25ClN4O3. The van der Waals surface area contributed by atoms with E-state index in [0.29, 0.717) is 40.8 Å². The quantitative estimate of drug-likeness (QED) is 0.358. The zero-order chi connectivity index (χ0) is 24.5. The van der Waals surface area contributed by atoms with Crippen molar-refractivity contribution in [3.63, 3.8) is 0 Å². The molecule has 178 valence electrons. The van der Waals surface area contributed by atoms with Gasteiger partial charge in [0.15, 0.2) is 0 Å². The summed E-state index contributed by atoms with van der Waals surface area (Å²) < 4.78 is 9.46. The van der Waals surface area contributed by atoms with Crippen molar-refractivity contribution in [3.8, 4) is 17.2 Å². The number of aromatic nitrogens is 3. The molecule has 0 bridgehead atoms. The molecule has 2 aromatic heterocycles. The van der Waals surface area contributed by atoms with E-state index in [1.807, 2.05) is 55.5 Å². The van der Waals surface area contributed by atoms with Gasteiger partial charge in [-0.05, 0) is 68.3 Å². The van der Waals surface area contributed by atoms with Gasteiger partial charge in [0.2, 0.25) is 5.91 Å². The Balaban J connectivity index is 1.51. The molecule has 4 aromatic rings. The molecule has 1 aliphatic heterocycles. The van der Waals surface area contributed by atoms with E-state index in [1.54, 1.807) is 26.4 Å². The number of piperidine rings is 1. The van der Waals surface area contributed by atoms with Crippen LogP contribution in [-0.2, 0) is 4.79 Å². The summed E-state index contributed by atoms with van der Waals surface area (Å²) in [5, 5.41) is 0.641. The summed E-state index contributed by atoms with van der Waals surface area (Å²) in [7, 11) is 0. The summed E-state index contributed by atoms with van der Waals surface area (Å²) in [6.45, 7) is 6.64. The van der Waals surface area contributed by atoms with Gasteiger partial charge in [0.1, 0.15) is 11.5 Å². The molecule has 35 heavy (non-hydrogen) atoms. The number of benzene rings is 2. The number of carbonyl (C=O) groups is 1. The fourth-order valence-electron chi connectivity index (χ4n) is 4.65. The summed E-state index contributed by atoms with van der Waals surface area (Å²) in [4.78, 5) is 31.9. The van der Waals surface area contributed by atoms with Crippen molar-refractivity contribution in [2.45, 2.75) is 25.8 Å². The lowest BCUT2D eigenvalue weighted by atomic mass is 10.1. The SMILES string of the molecule is C=CC(=O)N1CCCC(n2c(=O)n(-c3ccc(Oc4cccc(Cl)c4C)cc3)c3cnccc32)C1. The second-order valence-electron chi connectivity index (χ2n) is 8.60. The van der Waals surface area contributed by atoms with Crippen LogP contribution in [0.2, 0.25) is 5.02 Å². The molecule has 3 heterocycles. The average Bonchev–Trinajstić information content (AvgIpc) is 3.18. The van der Waals surface area contributed by atoms with Crippen molar-refractivity contribution in [1.82, 2.24) is 19.0 Å². The number of nitrogens with zero attached hydrogens (tertiary/aromatic N) is 4. The lowest BCUT2D eigenvalue weighted by Gasteiger charge is -2.32. The van der Waals surface area contributed by atoms with Crippen LogP contribution in [0.15, 0.2) is 78.4 Å². The third kappa shape index (κ3) is 4.23. The molecule has 2 aromatic carbocycles. The average molecular weight is 489 g/mol. The Kier molecular flexibility index (Phi) is 6.17. The number of fused-ring (bicyclic) bond motifs is 1. The molecule has 0 spiro atoms. The van der Waals surface area contributed by atoms with E-state index < -0.39 is 0 Å². The van der Waals surface area contributed by atoms with Crippen molar-refractivity contribution in [3.05, 3.63) is 94.6 Å². The number of hydrogen-bond donors (Lipinski definition) is 0. The Hall–Kier alpha value is -3.84. The van der Waals surface area contributed by atoms with E-state index in [1.165, 1.54) is 6.08 Å². The van der Waals surface area contributed by atoms with Crippen molar-refractivity contribution < 1.29 is 9.53 Å². The predicted molar refractivity (Wildman–Crippen MR) is 137 cm³/mol. The minimum absolute atomic E-state index is 0.112. The Labute approximate surface area is 207 Å². The first kappa shape index (κ1) is 22.9. The Morgan fingerprint density at radius 3 is 2.74 bits per heavy atom. The predicted octanol–water partition coefficient (Wildman–Crippen LogP) is 5.29. The van der Waals surface area contributed by atoms with Gasteiger partial charge in [0, 0.05) is 29.9 Å². The van der Waals surface area contributed by atoms with E-state index in [9.17, 15) is 9.59 Å². The molecule has 0 radical (unpaired) electrons. The molecule has 0 aliphatic carbocycles. The fourth-order valence-corrected chi connectivity index (χ4v) is 4.82. The van der Waals surface area contributed by atoms with E-state index in [2.05, 4.69) is 11.6 Å². The Morgan fingerprint density at radius 1 is 1.17 bits per heavy atom. The molecule has 5 rings (SSSR count). The maximum atomic E-state index is 13.7. The summed E-state index contributed by atoms with van der Waals surface area (Å²) in [5.41, 5.74) is 2.91. The number of ether oxygens (including phenoxy) is 1. The second-order valence-corrected chi connectivity index (χ2v) is 9.00. The molecule has 1 amide bonds. The molecule has 1 aliphatic rings. The third-order valence-electron chi connectivity index (χ3n) is 6.46. The highest BCUT2D eigenvalue weighted by molar-refractivity contribution is 6.31. The van der Waals surface area contributed by atoms with Gasteiger partial charge >= 0.3 is 5.69 Å². The van der Waals surface area contributed by atoms with Gasteiger partial charge in [-0.25, -0.2) is 4.79 Å². The molecular weight excluding hydrogens is 464 g/mol. The van der Waals surface area contributed by atoms with Crippen LogP contribution in [0.1, 0.15) is 24.4 Å². The van der Waals surface area contributed by atoms with Gasteiger partial charge in [-0.1, -0.05) is 24.2 Å². The lowest BCUT2D eigenvalue weighted by Crippen LogP contribution is -2.42. The highest BCUT2D eigenvalue weighted by atomic mass is 35.5. The maximum Gasteiger partial charge on any atom is 0.334 e. The standard InChI is InChI=1S/C27H25ClN4O3/c1-3-26(33)30-15-5-6-20(17-30)32-23-13-14-29-16-24(23)31(27(32)34)19-9-11-21(12-10-19)35-25-8-4-7-22(28)18(25)2/h3-4,7-14,16,20H,1,5-6,15,17H2,2H3. The van der Waals surface area contributed by atoms with Crippen LogP contribution in [0, 0.1) is 6.92 Å². The van der Waals surface area contributed by atoms with Gasteiger partial charge in [-0.3, -0.25) is 18.9 Å². The minimum atomic E-state index is -0.162. The van der Waals surface area contributed by atoms with Crippen LogP contribution in [0.3, 0.4) is 0 Å². The van der Waals surface area contributed by atoms with Gasteiger partial charge in [0.05, 0.1) is 29.0 Å². The Bertz CT molecular complexity index is 1470. The van der Waals surface area contributed by atoms with Crippen LogP contribution >= 0.6 is 11.6 Å². The largest absolute Gasteiger partial charge is 0.457 e. The van der Waals surface area contributed by atoms with Crippen LogP contribution in [0.5, 0.6) is 11.5 Å². The number of likely N-dealkylation sites (tertiary alicyclic amines) is 1. The number of carbonyl (C=O) groups excluding carboxylic acids is 1. The van der Waals surface area contributed by atoms with Crippen LogP contribution in [0.4, 0.5) is 0 Å². The highest BCUT2D eigenvalue weighted by Crippen LogP contribution is 2.31. The minimum Gasteiger partial charge on any atom is -0.457 e. The normalized spacial score (nSPS) is 15.8. The molecule has 1 unspecified atom stereocenters. The van der Waals surface area contributed by atoms with Crippen molar-refractivity contribution in [2.75, 3.05) is 13.1 Å². The molecule has 1 saturated heterocycles. The van der Waals surface area contributed by atoms with Gasteiger partial charge < -0.3 is 9.64 Å². The first-order chi connectivity index (χ1) is 17.0. The molecule has 1 fully saturated rings. The van der Waals surface area contributed by atoms with E-state index in [4.69, 9.17) is 16.3 Å².